The van der Waals surface area contributed by atoms with E-state index in [0.717, 1.165) is 12.5 Å². The first-order valence-corrected chi connectivity index (χ1v) is 11.6. The summed E-state index contributed by atoms with van der Waals surface area (Å²) in [6.07, 6.45) is 4.49. The summed E-state index contributed by atoms with van der Waals surface area (Å²) in [7, 11) is 0. The van der Waals surface area contributed by atoms with Crippen molar-refractivity contribution >= 4 is 17.7 Å². The van der Waals surface area contributed by atoms with Crippen molar-refractivity contribution in [1.82, 2.24) is 0 Å². The van der Waals surface area contributed by atoms with Gasteiger partial charge in [0.2, 0.25) is 0 Å². The molecule has 0 aromatic heterocycles. The lowest BCUT2D eigenvalue weighted by Gasteiger charge is -2.56. The van der Waals surface area contributed by atoms with Crippen LogP contribution in [0.4, 0.5) is 0 Å². The highest BCUT2D eigenvalue weighted by Gasteiger charge is 2.58. The van der Waals surface area contributed by atoms with Crippen molar-refractivity contribution in [2.45, 2.75) is 72.5 Å². The molecular weight excluding hydrogens is 412 g/mol. The Labute approximate surface area is 190 Å². The number of aliphatic carboxylic acids is 1. The number of carbonyl (C=O) groups is 3. The van der Waals surface area contributed by atoms with Crippen LogP contribution in [0.1, 0.15) is 60.3 Å². The quantitative estimate of drug-likeness (QED) is 0.280. The van der Waals surface area contributed by atoms with Gasteiger partial charge in [-0.1, -0.05) is 51.8 Å². The number of Topliss-reactive ketones (excluding diaryl/α,β-unsaturated/α-hetero) is 1. The van der Waals surface area contributed by atoms with Crippen LogP contribution in [0.25, 0.3) is 0 Å². The Morgan fingerprint density at radius 2 is 1.94 bits per heavy atom. The first-order valence-electron chi connectivity index (χ1n) is 11.6. The van der Waals surface area contributed by atoms with Gasteiger partial charge in [0.15, 0.2) is 0 Å². The van der Waals surface area contributed by atoms with Crippen molar-refractivity contribution in [3.05, 3.63) is 23.8 Å². The lowest BCUT2D eigenvalue weighted by Crippen LogP contribution is -2.59. The largest absolute Gasteiger partial charge is 0.478 e. The van der Waals surface area contributed by atoms with Crippen molar-refractivity contribution in [1.29, 1.82) is 0 Å². The van der Waals surface area contributed by atoms with Gasteiger partial charge >= 0.3 is 11.9 Å². The van der Waals surface area contributed by atoms with Gasteiger partial charge in [0.05, 0.1) is 12.5 Å². The van der Waals surface area contributed by atoms with Crippen molar-refractivity contribution in [3.8, 4) is 0 Å². The number of carboxylic acid groups (broad SMARTS) is 1. The maximum absolute atomic E-state index is 13.4. The zero-order chi connectivity index (χ0) is 24.2. The molecule has 0 spiro atoms. The van der Waals surface area contributed by atoms with Gasteiger partial charge in [-0.25, -0.2) is 4.79 Å². The molecule has 180 valence electrons. The number of allylic oxidation sites excluding steroid dienone is 1. The predicted molar refractivity (Wildman–Crippen MR) is 120 cm³/mol. The minimum Gasteiger partial charge on any atom is -0.478 e. The Bertz CT molecular complexity index is 770. The Kier molecular flexibility index (Phi) is 8.82. The predicted octanol–water partition coefficient (Wildman–Crippen LogP) is 3.14. The maximum Gasteiger partial charge on any atom is 0.328 e. The van der Waals surface area contributed by atoms with Crippen LogP contribution in [0.2, 0.25) is 0 Å². The number of carbonyl (C=O) groups excluding carboxylic acids is 2. The van der Waals surface area contributed by atoms with E-state index < -0.39 is 29.6 Å². The molecule has 32 heavy (non-hydrogen) atoms. The second-order valence-electron chi connectivity index (χ2n) is 9.82. The molecule has 7 nitrogen and oxygen atoms in total. The number of aliphatic hydroxyl groups excluding tert-OH is 2. The highest BCUT2D eigenvalue weighted by molar-refractivity contribution is 5.86. The van der Waals surface area contributed by atoms with Crippen molar-refractivity contribution in [2.75, 3.05) is 6.61 Å². The third-order valence-corrected chi connectivity index (χ3v) is 7.58. The smallest absolute Gasteiger partial charge is 0.328 e. The van der Waals surface area contributed by atoms with Crippen molar-refractivity contribution in [3.63, 3.8) is 0 Å². The molecule has 1 fully saturated rings. The van der Waals surface area contributed by atoms with Gasteiger partial charge in [-0.3, -0.25) is 9.59 Å². The summed E-state index contributed by atoms with van der Waals surface area (Å²) in [5.41, 5.74) is -0.391. The van der Waals surface area contributed by atoms with E-state index in [-0.39, 0.29) is 54.8 Å². The van der Waals surface area contributed by atoms with Crippen LogP contribution in [0.5, 0.6) is 0 Å². The fourth-order valence-electron chi connectivity index (χ4n) is 6.01. The number of hydrogen-bond donors (Lipinski definition) is 3. The number of rotatable bonds is 9. The number of fused-ring (bicyclic) bond motifs is 1. The molecule has 2 aliphatic rings. The Morgan fingerprint density at radius 1 is 1.28 bits per heavy atom. The Hall–Kier alpha value is -1.99. The summed E-state index contributed by atoms with van der Waals surface area (Å²) >= 11 is 0. The molecule has 0 aromatic carbocycles. The van der Waals surface area contributed by atoms with E-state index >= 15 is 0 Å². The van der Waals surface area contributed by atoms with Crippen LogP contribution in [0.15, 0.2) is 23.8 Å². The second kappa shape index (κ2) is 10.8. The number of esters is 1. The lowest BCUT2D eigenvalue weighted by atomic mass is 9.49. The zero-order valence-electron chi connectivity index (χ0n) is 19.8. The van der Waals surface area contributed by atoms with Gasteiger partial charge in [0.25, 0.3) is 0 Å². The summed E-state index contributed by atoms with van der Waals surface area (Å²) < 4.78 is 5.69. The summed E-state index contributed by atoms with van der Waals surface area (Å²) in [4.78, 5) is 36.7. The van der Waals surface area contributed by atoms with Gasteiger partial charge < -0.3 is 20.1 Å². The van der Waals surface area contributed by atoms with Crippen LogP contribution in [-0.4, -0.2) is 51.9 Å². The highest BCUT2D eigenvalue weighted by Crippen LogP contribution is 2.56. The fraction of sp³-hybridized carbons (Fsp3) is 0.720. The number of carboxylic acids is 1. The molecule has 1 saturated carbocycles. The van der Waals surface area contributed by atoms with Crippen LogP contribution in [-0.2, 0) is 19.1 Å². The first kappa shape index (κ1) is 26.3. The molecule has 0 heterocycles. The molecule has 0 unspecified atom stereocenters. The number of ketones is 1. The second-order valence-corrected chi connectivity index (χ2v) is 9.82. The molecule has 8 atom stereocenters. The summed E-state index contributed by atoms with van der Waals surface area (Å²) in [6.45, 7) is 9.53. The zero-order valence-corrected chi connectivity index (χ0v) is 19.8. The third kappa shape index (κ3) is 5.31. The number of aliphatic hydroxyl groups is 2. The van der Waals surface area contributed by atoms with Crippen molar-refractivity contribution < 1.29 is 34.4 Å². The van der Waals surface area contributed by atoms with Gasteiger partial charge in [-0.15, -0.1) is 0 Å². The van der Waals surface area contributed by atoms with E-state index in [4.69, 9.17) is 9.84 Å². The van der Waals surface area contributed by atoms with E-state index in [2.05, 4.69) is 13.8 Å². The van der Waals surface area contributed by atoms with Crippen LogP contribution in [0.3, 0.4) is 0 Å². The summed E-state index contributed by atoms with van der Waals surface area (Å²) in [6, 6.07) is 0. The standard InChI is InChI=1S/C25H38O7/c1-6-15(3)18-8-7-17-23(25(18,5)20(28)9-10-26)16(4)13-19(27)24(17)32-22(31)12-14(2)11-21(29)30/h7-8,11,15-19,23-24,26-27H,6,9-10,12-13H2,1-5H3,(H,29,30)/b14-11+/t15-,16-,17-,18-,19-,23+,24+,25-/m1/s1. The molecule has 2 rings (SSSR count). The molecule has 2 aliphatic carbocycles. The van der Waals surface area contributed by atoms with E-state index in [1.54, 1.807) is 6.92 Å². The molecule has 0 radical (unpaired) electrons. The van der Waals surface area contributed by atoms with E-state index in [0.29, 0.717) is 12.0 Å². The van der Waals surface area contributed by atoms with Crippen LogP contribution in [0, 0.1) is 35.0 Å². The SMILES string of the molecule is CC[C@@H](C)[C@H]1C=C[C@H]2[C@H](OC(=O)C/C(C)=C/C(=O)O)[C@H](O)C[C@@H](C)[C@@H]2[C@@]1(C)C(=O)CCO. The summed E-state index contributed by atoms with van der Waals surface area (Å²) in [5.74, 6) is -1.96. The van der Waals surface area contributed by atoms with E-state index in [1.807, 2.05) is 26.0 Å². The molecule has 0 amide bonds. The lowest BCUT2D eigenvalue weighted by molar-refractivity contribution is -0.177. The van der Waals surface area contributed by atoms with Gasteiger partial charge in [0.1, 0.15) is 11.9 Å². The van der Waals surface area contributed by atoms with Crippen LogP contribution >= 0.6 is 0 Å². The first-order chi connectivity index (χ1) is 15.0. The fourth-order valence-corrected chi connectivity index (χ4v) is 6.01. The Morgan fingerprint density at radius 3 is 2.50 bits per heavy atom. The number of hydrogen-bond acceptors (Lipinski definition) is 6. The van der Waals surface area contributed by atoms with Crippen molar-refractivity contribution in [2.24, 2.45) is 35.0 Å². The molecule has 7 heteroatoms. The number of ether oxygens (including phenoxy) is 1. The topological polar surface area (TPSA) is 121 Å². The van der Waals surface area contributed by atoms with E-state index in [1.165, 1.54) is 0 Å². The third-order valence-electron chi connectivity index (χ3n) is 7.58. The van der Waals surface area contributed by atoms with Gasteiger partial charge in [-0.05, 0) is 37.0 Å². The minimum absolute atomic E-state index is 0.00166. The molecule has 0 bridgehead atoms. The molecule has 3 N–H and O–H groups in total. The maximum atomic E-state index is 13.4. The molecule has 0 aromatic rings. The highest BCUT2D eigenvalue weighted by atomic mass is 16.6. The summed E-state index contributed by atoms with van der Waals surface area (Å²) in [5, 5.41) is 29.1. The minimum atomic E-state index is -1.13. The van der Waals surface area contributed by atoms with E-state index in [9.17, 15) is 24.6 Å². The van der Waals surface area contributed by atoms with Crippen LogP contribution < -0.4 is 0 Å². The van der Waals surface area contributed by atoms with Gasteiger partial charge in [0, 0.05) is 30.4 Å². The average Bonchev–Trinajstić information content (AvgIpc) is 2.69. The molecule has 0 aliphatic heterocycles. The normalized spacial score (nSPS) is 35.7. The molecular formula is C25H38O7. The van der Waals surface area contributed by atoms with Gasteiger partial charge in [-0.2, -0.15) is 0 Å². The monoisotopic (exact) mass is 450 g/mol. The molecule has 0 saturated heterocycles. The Balaban J connectivity index is 2.41. The average molecular weight is 451 g/mol.